The number of rotatable bonds is 11. The zero-order chi connectivity index (χ0) is 29.1. The molecule has 0 spiro atoms. The minimum atomic E-state index is -0.371. The van der Waals surface area contributed by atoms with Gasteiger partial charge in [-0.2, -0.15) is 11.8 Å². The molecule has 0 bridgehead atoms. The number of thioether (sulfide) groups is 1. The number of allylic oxidation sites excluding steroid dienone is 3. The van der Waals surface area contributed by atoms with Crippen LogP contribution in [0.5, 0.6) is 5.75 Å². The van der Waals surface area contributed by atoms with Gasteiger partial charge in [-0.25, -0.2) is 0 Å². The van der Waals surface area contributed by atoms with E-state index in [-0.39, 0.29) is 11.8 Å². The van der Waals surface area contributed by atoms with Crippen LogP contribution in [0.3, 0.4) is 0 Å². The number of anilines is 1. The van der Waals surface area contributed by atoms with Crippen molar-refractivity contribution < 1.29 is 9.53 Å². The van der Waals surface area contributed by atoms with E-state index in [0.29, 0.717) is 29.9 Å². The number of aryl methyl sites for hydroxylation is 1. The molecule has 0 saturated heterocycles. The number of halogens is 1. The smallest absolute Gasteiger partial charge is 0.249 e. The molecule has 2 aliphatic heterocycles. The summed E-state index contributed by atoms with van der Waals surface area (Å²) in [6, 6.07) is 12.0. The number of nitrogens with zero attached hydrogens (tertiary/aromatic N) is 1. The predicted octanol–water partition coefficient (Wildman–Crippen LogP) is 8.54. The van der Waals surface area contributed by atoms with Gasteiger partial charge in [0.2, 0.25) is 5.91 Å². The Kier molecular flexibility index (Phi) is 13.0. The third-order valence-corrected chi connectivity index (χ3v) is 8.92. The Hall–Kier alpha value is -2.37. The molecular weight excluding hydrogens is 536 g/mol. The van der Waals surface area contributed by atoms with Gasteiger partial charge in [-0.05, 0) is 91.3 Å². The van der Waals surface area contributed by atoms with Gasteiger partial charge in [-0.15, -0.1) is 6.58 Å². The monoisotopic (exact) mass is 582 g/mol. The van der Waals surface area contributed by atoms with Gasteiger partial charge in [0, 0.05) is 35.5 Å². The second-order valence-electron chi connectivity index (χ2n) is 10.8. The molecule has 4 nitrogen and oxygen atoms in total. The van der Waals surface area contributed by atoms with Crippen molar-refractivity contribution in [3.8, 4) is 5.75 Å². The minimum Gasteiger partial charge on any atom is -0.491 e. The Labute approximate surface area is 251 Å². The Bertz CT molecular complexity index is 1150. The maximum absolute atomic E-state index is 12.7. The van der Waals surface area contributed by atoms with Crippen molar-refractivity contribution in [1.29, 1.82) is 0 Å². The normalized spacial score (nSPS) is 20.8. The molecule has 1 amide bonds. The van der Waals surface area contributed by atoms with Crippen LogP contribution in [-0.2, 0) is 6.42 Å². The standard InChI is InChI=1S/C32H41ClN2O2S.C2H6/c1-4-7-24(21-38-3)12-13-27-22(2)16-17-35-19-25(10-5-8-23-9-6-11-26(33)18-23)20-37-29-15-14-28(32(34)36)30(27)31(29)35;1-2/h4,6,9,11-15,18,22,24-25,27H,1,5,7-8,10,16-17,19-21H2,2-3H3,(H2,34,36);1-2H3/b13-12+;/t22-,24-,25?,27+;/m1./s1. The molecule has 0 aliphatic carbocycles. The summed E-state index contributed by atoms with van der Waals surface area (Å²) in [6.45, 7) is 12.8. The molecule has 1 unspecified atom stereocenters. The number of hydrogen-bond acceptors (Lipinski definition) is 4. The first-order valence-corrected chi connectivity index (χ1v) is 16.6. The maximum Gasteiger partial charge on any atom is 0.249 e. The Balaban J connectivity index is 0.00000216. The van der Waals surface area contributed by atoms with Crippen LogP contribution in [0, 0.1) is 17.8 Å². The highest BCUT2D eigenvalue weighted by atomic mass is 35.5. The SMILES string of the molecule is C=CC[C@H](/C=C/[C@@H]1c2c(C(N)=O)ccc3c2N(CC[C@H]1C)CC(CCCc1cccc(Cl)c1)CO3)CSC.CC. The van der Waals surface area contributed by atoms with Gasteiger partial charge in [0.05, 0.1) is 12.3 Å². The second-order valence-corrected chi connectivity index (χ2v) is 12.1. The van der Waals surface area contributed by atoms with Crippen LogP contribution in [-0.4, -0.2) is 37.6 Å². The van der Waals surface area contributed by atoms with Crippen molar-refractivity contribution in [1.82, 2.24) is 0 Å². The molecule has 2 N–H and O–H groups in total. The summed E-state index contributed by atoms with van der Waals surface area (Å²) in [4.78, 5) is 15.1. The summed E-state index contributed by atoms with van der Waals surface area (Å²) < 4.78 is 6.45. The second kappa shape index (κ2) is 16.2. The number of hydrogen-bond donors (Lipinski definition) is 1. The molecule has 218 valence electrons. The molecule has 0 aromatic heterocycles. The van der Waals surface area contributed by atoms with E-state index in [9.17, 15) is 4.79 Å². The maximum atomic E-state index is 12.7. The van der Waals surface area contributed by atoms with Crippen molar-refractivity contribution in [3.63, 3.8) is 0 Å². The van der Waals surface area contributed by atoms with Gasteiger partial charge in [0.15, 0.2) is 0 Å². The molecule has 0 radical (unpaired) electrons. The molecule has 2 aromatic carbocycles. The largest absolute Gasteiger partial charge is 0.491 e. The lowest BCUT2D eigenvalue weighted by atomic mass is 9.81. The average Bonchev–Trinajstić information content (AvgIpc) is 3.20. The molecule has 2 aliphatic rings. The summed E-state index contributed by atoms with van der Waals surface area (Å²) >= 11 is 8.03. The lowest BCUT2D eigenvalue weighted by Gasteiger charge is -2.28. The lowest BCUT2D eigenvalue weighted by Crippen LogP contribution is -2.31. The molecule has 0 fully saturated rings. The van der Waals surface area contributed by atoms with E-state index < -0.39 is 0 Å². The van der Waals surface area contributed by atoms with Crippen LogP contribution in [0.15, 0.2) is 61.2 Å². The summed E-state index contributed by atoms with van der Waals surface area (Å²) in [6.07, 6.45) is 13.9. The van der Waals surface area contributed by atoms with Gasteiger partial charge in [0.25, 0.3) is 0 Å². The number of ether oxygens (including phenoxy) is 1. The number of primary amides is 1. The number of carbonyl (C=O) groups is 1. The highest BCUT2D eigenvalue weighted by Gasteiger charge is 2.35. The van der Waals surface area contributed by atoms with Crippen LogP contribution in [0.25, 0.3) is 0 Å². The number of carbonyl (C=O) groups excluding carboxylic acids is 1. The molecule has 4 rings (SSSR count). The first-order chi connectivity index (χ1) is 19.4. The topological polar surface area (TPSA) is 55.6 Å². The fourth-order valence-corrected chi connectivity index (χ4v) is 6.82. The minimum absolute atomic E-state index is 0.106. The van der Waals surface area contributed by atoms with Crippen LogP contribution < -0.4 is 15.4 Å². The Morgan fingerprint density at radius 2 is 2.10 bits per heavy atom. The summed E-state index contributed by atoms with van der Waals surface area (Å²) in [5, 5.41) is 0.792. The fraction of sp³-hybridized carbons (Fsp3) is 0.500. The van der Waals surface area contributed by atoms with Gasteiger partial charge < -0.3 is 15.4 Å². The Morgan fingerprint density at radius 3 is 2.80 bits per heavy atom. The number of amides is 1. The fourth-order valence-electron chi connectivity index (χ4n) is 5.93. The first kappa shape index (κ1) is 32.1. The lowest BCUT2D eigenvalue weighted by molar-refractivity contribution is 0.0999. The third kappa shape index (κ3) is 8.33. The van der Waals surface area contributed by atoms with Crippen LogP contribution >= 0.6 is 23.4 Å². The zero-order valence-electron chi connectivity index (χ0n) is 24.7. The van der Waals surface area contributed by atoms with Crippen molar-refractivity contribution >= 4 is 35.0 Å². The summed E-state index contributed by atoms with van der Waals surface area (Å²) in [5.74, 6) is 2.87. The molecule has 0 saturated carbocycles. The van der Waals surface area contributed by atoms with E-state index >= 15 is 0 Å². The van der Waals surface area contributed by atoms with Crippen LogP contribution in [0.1, 0.15) is 73.9 Å². The van der Waals surface area contributed by atoms with E-state index in [1.165, 1.54) is 5.56 Å². The number of nitrogens with two attached hydrogens (primary N) is 1. The Morgan fingerprint density at radius 1 is 1.30 bits per heavy atom. The predicted molar refractivity (Wildman–Crippen MR) is 174 cm³/mol. The van der Waals surface area contributed by atoms with Crippen LogP contribution in [0.2, 0.25) is 5.02 Å². The molecule has 2 heterocycles. The molecule has 4 atom stereocenters. The van der Waals surface area contributed by atoms with E-state index in [4.69, 9.17) is 22.1 Å². The first-order valence-electron chi connectivity index (χ1n) is 14.8. The van der Waals surface area contributed by atoms with Crippen molar-refractivity contribution in [2.24, 2.45) is 23.5 Å². The molecular formula is C34H47ClN2O2S. The van der Waals surface area contributed by atoms with E-state index in [1.54, 1.807) is 0 Å². The third-order valence-electron chi connectivity index (χ3n) is 7.92. The van der Waals surface area contributed by atoms with E-state index in [1.807, 2.05) is 56.0 Å². The highest BCUT2D eigenvalue weighted by molar-refractivity contribution is 7.98. The number of benzene rings is 2. The molecule has 2 aromatic rings. The molecule has 6 heteroatoms. The van der Waals surface area contributed by atoms with Crippen molar-refractivity contribution in [2.75, 3.05) is 36.6 Å². The summed E-state index contributed by atoms with van der Waals surface area (Å²) in [7, 11) is 0. The van der Waals surface area contributed by atoms with Crippen molar-refractivity contribution in [3.05, 3.63) is 82.9 Å². The molecule has 40 heavy (non-hydrogen) atoms. The quantitative estimate of drug-likeness (QED) is 0.270. The van der Waals surface area contributed by atoms with Gasteiger partial charge in [0.1, 0.15) is 5.75 Å². The zero-order valence-corrected chi connectivity index (χ0v) is 26.3. The highest BCUT2D eigenvalue weighted by Crippen LogP contribution is 2.47. The summed E-state index contributed by atoms with van der Waals surface area (Å²) in [5.41, 5.74) is 9.96. The van der Waals surface area contributed by atoms with Crippen LogP contribution in [0.4, 0.5) is 5.69 Å². The van der Waals surface area contributed by atoms with Crippen molar-refractivity contribution in [2.45, 2.75) is 58.8 Å². The van der Waals surface area contributed by atoms with Gasteiger partial charge in [-0.1, -0.05) is 62.7 Å². The van der Waals surface area contributed by atoms with E-state index in [0.717, 1.165) is 73.0 Å². The van der Waals surface area contributed by atoms with Gasteiger partial charge in [-0.3, -0.25) is 4.79 Å². The van der Waals surface area contributed by atoms with E-state index in [2.05, 4.69) is 48.9 Å². The average molecular weight is 583 g/mol. The van der Waals surface area contributed by atoms with Gasteiger partial charge >= 0.3 is 0 Å².